The molecule has 0 aromatic carbocycles. The van der Waals surface area contributed by atoms with Crippen molar-refractivity contribution < 1.29 is 0 Å². The molecule has 0 amide bonds. The van der Waals surface area contributed by atoms with Crippen molar-refractivity contribution in [3.8, 4) is 0 Å². The minimum Gasteiger partial charge on any atom is -0.329 e. The predicted octanol–water partition coefficient (Wildman–Crippen LogP) is 0.485. The zero-order chi connectivity index (χ0) is 6.99. The molecule has 0 aromatic rings. The molecule has 0 aliphatic carbocycles. The molecule has 0 bridgehead atoms. The topological polar surface area (TPSA) is 52.0 Å². The molecule has 0 fully saturated rings. The van der Waals surface area contributed by atoms with Gasteiger partial charge in [-0.25, -0.2) is 0 Å². The maximum Gasteiger partial charge on any atom is 0.0134 e. The number of rotatable bonds is 1. The maximum atomic E-state index is 5.17. The molecular formula is C6H16N2. The third-order valence-corrected chi connectivity index (χ3v) is 0.372. The standard InChI is InChI=1S/C3H10N2.C3H6/c1-3(5)2-4;1-3-2/h3H,2,4-5H2,1H3;3H,1H2,2H3. The second-order valence-corrected chi connectivity index (χ2v) is 1.62. The Morgan fingerprint density at radius 3 is 1.88 bits per heavy atom. The molecule has 0 saturated carbocycles. The molecule has 0 aliphatic heterocycles. The summed E-state index contributed by atoms with van der Waals surface area (Å²) in [7, 11) is 0. The van der Waals surface area contributed by atoms with E-state index in [1.165, 1.54) is 0 Å². The molecule has 2 nitrogen and oxygen atoms in total. The fourth-order valence-electron chi connectivity index (χ4n) is 0. The summed E-state index contributed by atoms with van der Waals surface area (Å²) in [5.74, 6) is 0. The van der Waals surface area contributed by atoms with Crippen LogP contribution < -0.4 is 11.5 Å². The summed E-state index contributed by atoms with van der Waals surface area (Å²) in [6.07, 6.45) is 1.75. The van der Waals surface area contributed by atoms with E-state index in [9.17, 15) is 0 Å². The largest absolute Gasteiger partial charge is 0.329 e. The highest BCUT2D eigenvalue weighted by atomic mass is 14.7. The molecule has 0 spiro atoms. The fourth-order valence-corrected chi connectivity index (χ4v) is 0. The molecular weight excluding hydrogens is 100 g/mol. The average molecular weight is 116 g/mol. The van der Waals surface area contributed by atoms with E-state index >= 15 is 0 Å². The Hall–Kier alpha value is -0.340. The van der Waals surface area contributed by atoms with E-state index in [0.29, 0.717) is 6.54 Å². The van der Waals surface area contributed by atoms with Crippen LogP contribution in [0.25, 0.3) is 0 Å². The van der Waals surface area contributed by atoms with Crippen LogP contribution in [0.2, 0.25) is 0 Å². The Morgan fingerprint density at radius 2 is 1.88 bits per heavy atom. The van der Waals surface area contributed by atoms with Gasteiger partial charge in [-0.3, -0.25) is 0 Å². The highest BCUT2D eigenvalue weighted by molar-refractivity contribution is 4.51. The van der Waals surface area contributed by atoms with E-state index in [0.717, 1.165) is 0 Å². The van der Waals surface area contributed by atoms with Crippen LogP contribution in [0.5, 0.6) is 0 Å². The van der Waals surface area contributed by atoms with Gasteiger partial charge in [0.15, 0.2) is 0 Å². The van der Waals surface area contributed by atoms with Crippen molar-refractivity contribution in [1.29, 1.82) is 0 Å². The zero-order valence-corrected chi connectivity index (χ0v) is 5.72. The van der Waals surface area contributed by atoms with Crippen LogP contribution in [-0.2, 0) is 0 Å². The lowest BCUT2D eigenvalue weighted by molar-refractivity contribution is 0.752. The van der Waals surface area contributed by atoms with Crippen LogP contribution in [0, 0.1) is 0 Å². The van der Waals surface area contributed by atoms with Gasteiger partial charge in [0.2, 0.25) is 0 Å². The summed E-state index contributed by atoms with van der Waals surface area (Å²) < 4.78 is 0. The molecule has 4 N–H and O–H groups in total. The van der Waals surface area contributed by atoms with E-state index in [1.807, 2.05) is 13.8 Å². The Balaban J connectivity index is 0. The van der Waals surface area contributed by atoms with Crippen molar-refractivity contribution in [2.45, 2.75) is 19.9 Å². The molecule has 0 saturated heterocycles. The first-order valence-corrected chi connectivity index (χ1v) is 2.71. The van der Waals surface area contributed by atoms with Gasteiger partial charge in [-0.15, -0.1) is 6.58 Å². The number of hydrogen-bond donors (Lipinski definition) is 2. The summed E-state index contributed by atoms with van der Waals surface area (Å²) >= 11 is 0. The molecule has 1 atom stereocenters. The van der Waals surface area contributed by atoms with Gasteiger partial charge in [0.05, 0.1) is 0 Å². The van der Waals surface area contributed by atoms with Gasteiger partial charge in [0.1, 0.15) is 0 Å². The summed E-state index contributed by atoms with van der Waals surface area (Å²) in [5, 5.41) is 0. The van der Waals surface area contributed by atoms with E-state index in [4.69, 9.17) is 11.5 Å². The first-order chi connectivity index (χ1) is 3.68. The van der Waals surface area contributed by atoms with Crippen molar-refractivity contribution in [2.24, 2.45) is 11.5 Å². The van der Waals surface area contributed by atoms with Crippen molar-refractivity contribution in [3.63, 3.8) is 0 Å². The molecule has 0 radical (unpaired) electrons. The SMILES string of the molecule is C=CC.CC(N)CN. The van der Waals surface area contributed by atoms with E-state index < -0.39 is 0 Å². The van der Waals surface area contributed by atoms with Crippen LogP contribution in [0.1, 0.15) is 13.8 Å². The number of nitrogens with two attached hydrogens (primary N) is 2. The monoisotopic (exact) mass is 116 g/mol. The van der Waals surface area contributed by atoms with Crippen molar-refractivity contribution in [3.05, 3.63) is 12.7 Å². The lowest BCUT2D eigenvalue weighted by Crippen LogP contribution is -2.25. The Kier molecular flexibility index (Phi) is 13.0. The van der Waals surface area contributed by atoms with E-state index in [1.54, 1.807) is 6.08 Å². The summed E-state index contributed by atoms with van der Waals surface area (Å²) in [5.41, 5.74) is 10.2. The first-order valence-electron chi connectivity index (χ1n) is 2.71. The summed E-state index contributed by atoms with van der Waals surface area (Å²) in [4.78, 5) is 0. The number of hydrogen-bond acceptors (Lipinski definition) is 2. The van der Waals surface area contributed by atoms with Gasteiger partial charge in [0, 0.05) is 12.6 Å². The van der Waals surface area contributed by atoms with Crippen LogP contribution in [0.3, 0.4) is 0 Å². The molecule has 0 heterocycles. The van der Waals surface area contributed by atoms with Gasteiger partial charge in [-0.05, 0) is 13.8 Å². The minimum atomic E-state index is 0.162. The van der Waals surface area contributed by atoms with Crippen LogP contribution >= 0.6 is 0 Å². The lowest BCUT2D eigenvalue weighted by Gasteiger charge is -1.92. The summed E-state index contributed by atoms with van der Waals surface area (Å²) in [6.45, 7) is 7.71. The highest BCUT2D eigenvalue weighted by Crippen LogP contribution is 1.59. The van der Waals surface area contributed by atoms with Crippen LogP contribution in [0.4, 0.5) is 0 Å². The molecule has 2 heteroatoms. The third-order valence-electron chi connectivity index (χ3n) is 0.372. The Labute approximate surface area is 51.6 Å². The molecule has 0 aliphatic rings. The van der Waals surface area contributed by atoms with Gasteiger partial charge >= 0.3 is 0 Å². The maximum absolute atomic E-state index is 5.17. The van der Waals surface area contributed by atoms with Gasteiger partial charge < -0.3 is 11.5 Å². The van der Waals surface area contributed by atoms with Crippen LogP contribution in [-0.4, -0.2) is 12.6 Å². The first kappa shape index (κ1) is 10.6. The Morgan fingerprint density at radius 1 is 1.75 bits per heavy atom. The van der Waals surface area contributed by atoms with Crippen LogP contribution in [0.15, 0.2) is 12.7 Å². The molecule has 50 valence electrons. The molecule has 0 rings (SSSR count). The smallest absolute Gasteiger partial charge is 0.0134 e. The van der Waals surface area contributed by atoms with Crippen molar-refractivity contribution in [1.82, 2.24) is 0 Å². The lowest BCUT2D eigenvalue weighted by atomic mass is 10.4. The van der Waals surface area contributed by atoms with Gasteiger partial charge in [0.25, 0.3) is 0 Å². The Bertz CT molecular complexity index is 41.8. The summed E-state index contributed by atoms with van der Waals surface area (Å²) in [6, 6.07) is 0.162. The fraction of sp³-hybridized carbons (Fsp3) is 0.667. The second kappa shape index (κ2) is 9.83. The third kappa shape index (κ3) is 44.6. The van der Waals surface area contributed by atoms with Gasteiger partial charge in [-0.1, -0.05) is 6.08 Å². The normalized spacial score (nSPS) is 11.0. The molecule has 1 unspecified atom stereocenters. The predicted molar refractivity (Wildman–Crippen MR) is 38.6 cm³/mol. The quantitative estimate of drug-likeness (QED) is 0.490. The number of allylic oxidation sites excluding steroid dienone is 1. The zero-order valence-electron chi connectivity index (χ0n) is 5.72. The second-order valence-electron chi connectivity index (χ2n) is 1.62. The average Bonchev–Trinajstić information content (AvgIpc) is 1.69. The van der Waals surface area contributed by atoms with E-state index in [2.05, 4.69) is 6.58 Å². The van der Waals surface area contributed by atoms with Gasteiger partial charge in [-0.2, -0.15) is 0 Å². The molecule has 8 heavy (non-hydrogen) atoms. The highest BCUT2D eigenvalue weighted by Gasteiger charge is 1.79. The molecule has 0 aromatic heterocycles. The van der Waals surface area contributed by atoms with E-state index in [-0.39, 0.29) is 6.04 Å². The minimum absolute atomic E-state index is 0.162. The van der Waals surface area contributed by atoms with Crippen molar-refractivity contribution >= 4 is 0 Å². The van der Waals surface area contributed by atoms with Crippen molar-refractivity contribution in [2.75, 3.05) is 6.54 Å².